The number of ether oxygens (including phenoxy) is 1. The maximum Gasteiger partial charge on any atom is 0.276 e. The van der Waals surface area contributed by atoms with E-state index < -0.39 is 0 Å². The standard InChI is InChI=1S/C20H23N5O3/c1-28-12-11-25-19(26)9-7-15(23-25)20(27)21-14-6-8-17-16(13-14)22-18-5-3-2-4-10-24(17)18/h6-9,13H,2-5,10-12H2,1H3,(H,21,27). The second kappa shape index (κ2) is 7.93. The van der Waals surface area contributed by atoms with Gasteiger partial charge in [-0.2, -0.15) is 5.10 Å². The van der Waals surface area contributed by atoms with Crippen molar-refractivity contribution in [3.63, 3.8) is 0 Å². The van der Waals surface area contributed by atoms with Gasteiger partial charge in [-0.25, -0.2) is 9.67 Å². The molecule has 0 bridgehead atoms. The molecule has 0 spiro atoms. The van der Waals surface area contributed by atoms with Crippen molar-refractivity contribution in [2.75, 3.05) is 19.0 Å². The van der Waals surface area contributed by atoms with Gasteiger partial charge in [-0.1, -0.05) is 6.42 Å². The van der Waals surface area contributed by atoms with Crippen molar-refractivity contribution >= 4 is 22.6 Å². The van der Waals surface area contributed by atoms with Crippen LogP contribution >= 0.6 is 0 Å². The highest BCUT2D eigenvalue weighted by Crippen LogP contribution is 2.24. The van der Waals surface area contributed by atoms with Crippen molar-refractivity contribution in [1.29, 1.82) is 0 Å². The predicted octanol–water partition coefficient (Wildman–Crippen LogP) is 2.22. The molecule has 4 rings (SSSR count). The average Bonchev–Trinajstić information content (AvgIpc) is 2.87. The molecule has 1 aromatic carbocycles. The van der Waals surface area contributed by atoms with Crippen LogP contribution in [0.5, 0.6) is 0 Å². The Kier molecular flexibility index (Phi) is 5.21. The van der Waals surface area contributed by atoms with Crippen LogP contribution < -0.4 is 10.9 Å². The van der Waals surface area contributed by atoms with Crippen LogP contribution in [-0.2, 0) is 24.2 Å². The average molecular weight is 381 g/mol. The van der Waals surface area contributed by atoms with E-state index in [1.807, 2.05) is 18.2 Å². The largest absolute Gasteiger partial charge is 0.383 e. The minimum Gasteiger partial charge on any atom is -0.383 e. The Labute approximate surface area is 162 Å². The summed E-state index contributed by atoms with van der Waals surface area (Å²) in [6.07, 6.45) is 4.56. The molecule has 3 heterocycles. The van der Waals surface area contributed by atoms with Crippen LogP contribution in [-0.4, -0.2) is 39.0 Å². The van der Waals surface area contributed by atoms with E-state index in [4.69, 9.17) is 9.72 Å². The molecule has 1 N–H and O–H groups in total. The zero-order valence-electron chi connectivity index (χ0n) is 15.9. The van der Waals surface area contributed by atoms with Gasteiger partial charge in [-0.15, -0.1) is 0 Å². The van der Waals surface area contributed by atoms with E-state index in [0.717, 1.165) is 36.2 Å². The minimum atomic E-state index is -0.369. The Balaban J connectivity index is 1.56. The quantitative estimate of drug-likeness (QED) is 0.732. The van der Waals surface area contributed by atoms with Gasteiger partial charge in [0, 0.05) is 31.8 Å². The summed E-state index contributed by atoms with van der Waals surface area (Å²) < 4.78 is 8.48. The predicted molar refractivity (Wildman–Crippen MR) is 106 cm³/mol. The van der Waals surface area contributed by atoms with E-state index in [-0.39, 0.29) is 17.2 Å². The summed E-state index contributed by atoms with van der Waals surface area (Å²) in [7, 11) is 1.55. The number of carbonyl (C=O) groups is 1. The molecule has 8 nitrogen and oxygen atoms in total. The summed E-state index contributed by atoms with van der Waals surface area (Å²) in [5.74, 6) is 0.745. The van der Waals surface area contributed by atoms with E-state index in [1.165, 1.54) is 29.7 Å². The highest BCUT2D eigenvalue weighted by atomic mass is 16.5. The van der Waals surface area contributed by atoms with Gasteiger partial charge in [0.05, 0.1) is 24.2 Å². The molecule has 1 amide bonds. The van der Waals surface area contributed by atoms with Gasteiger partial charge in [0.2, 0.25) is 0 Å². The molecular weight excluding hydrogens is 358 g/mol. The Bertz CT molecular complexity index is 1070. The number of rotatable bonds is 5. The molecule has 1 aliphatic heterocycles. The molecule has 146 valence electrons. The first kappa shape index (κ1) is 18.4. The molecule has 0 atom stereocenters. The number of amides is 1. The monoisotopic (exact) mass is 381 g/mol. The Morgan fingerprint density at radius 3 is 2.96 bits per heavy atom. The van der Waals surface area contributed by atoms with Crippen LogP contribution in [0.25, 0.3) is 11.0 Å². The zero-order chi connectivity index (χ0) is 19.5. The minimum absolute atomic E-state index is 0.177. The summed E-state index contributed by atoms with van der Waals surface area (Å²) in [6, 6.07) is 8.53. The lowest BCUT2D eigenvalue weighted by Gasteiger charge is -2.08. The maximum absolute atomic E-state index is 12.6. The summed E-state index contributed by atoms with van der Waals surface area (Å²) in [6.45, 7) is 1.63. The first-order valence-electron chi connectivity index (χ1n) is 9.53. The smallest absolute Gasteiger partial charge is 0.276 e. The molecule has 0 fully saturated rings. The van der Waals surface area contributed by atoms with Crippen molar-refractivity contribution in [3.05, 3.63) is 52.2 Å². The molecule has 0 saturated heterocycles. The third kappa shape index (κ3) is 3.68. The van der Waals surface area contributed by atoms with Gasteiger partial charge in [-0.3, -0.25) is 9.59 Å². The highest BCUT2D eigenvalue weighted by Gasteiger charge is 2.15. The number of nitrogens with one attached hydrogen (secondary N) is 1. The zero-order valence-corrected chi connectivity index (χ0v) is 15.9. The van der Waals surface area contributed by atoms with Gasteiger partial charge in [0.25, 0.3) is 11.5 Å². The number of benzene rings is 1. The molecule has 0 radical (unpaired) electrons. The Morgan fingerprint density at radius 2 is 2.11 bits per heavy atom. The van der Waals surface area contributed by atoms with E-state index >= 15 is 0 Å². The number of nitrogens with zero attached hydrogens (tertiary/aromatic N) is 4. The number of anilines is 1. The summed E-state index contributed by atoms with van der Waals surface area (Å²) >= 11 is 0. The van der Waals surface area contributed by atoms with Crippen LogP contribution in [0.1, 0.15) is 35.6 Å². The number of methoxy groups -OCH3 is 1. The first-order valence-corrected chi connectivity index (χ1v) is 9.53. The van der Waals surface area contributed by atoms with Crippen molar-refractivity contribution in [1.82, 2.24) is 19.3 Å². The number of fused-ring (bicyclic) bond motifs is 3. The maximum atomic E-state index is 12.6. The summed E-state index contributed by atoms with van der Waals surface area (Å²) in [4.78, 5) is 29.2. The van der Waals surface area contributed by atoms with Crippen LogP contribution in [0.4, 0.5) is 5.69 Å². The third-order valence-electron chi connectivity index (χ3n) is 4.97. The fourth-order valence-electron chi connectivity index (χ4n) is 3.53. The Morgan fingerprint density at radius 1 is 1.21 bits per heavy atom. The normalized spacial score (nSPS) is 13.9. The number of hydrogen-bond donors (Lipinski definition) is 1. The number of aryl methyl sites for hydroxylation is 2. The van der Waals surface area contributed by atoms with Crippen LogP contribution in [0, 0.1) is 0 Å². The van der Waals surface area contributed by atoms with Gasteiger partial charge >= 0.3 is 0 Å². The lowest BCUT2D eigenvalue weighted by atomic mass is 10.2. The molecule has 0 saturated carbocycles. The molecule has 2 aromatic heterocycles. The molecule has 0 aliphatic carbocycles. The van der Waals surface area contributed by atoms with E-state index in [2.05, 4.69) is 15.0 Å². The Hall–Kier alpha value is -3.00. The number of hydrogen-bond acceptors (Lipinski definition) is 5. The topological polar surface area (TPSA) is 91.0 Å². The number of aromatic nitrogens is 4. The summed E-state index contributed by atoms with van der Waals surface area (Å²) in [5, 5.41) is 6.97. The molecule has 1 aliphatic rings. The fraction of sp³-hybridized carbons (Fsp3) is 0.400. The van der Waals surface area contributed by atoms with Crippen molar-refractivity contribution in [2.24, 2.45) is 0 Å². The molecule has 0 unspecified atom stereocenters. The second-order valence-electron chi connectivity index (χ2n) is 6.92. The van der Waals surface area contributed by atoms with Crippen LogP contribution in [0.2, 0.25) is 0 Å². The van der Waals surface area contributed by atoms with Gasteiger partial charge in [0.1, 0.15) is 11.5 Å². The summed E-state index contributed by atoms with van der Waals surface area (Å²) in [5.41, 5.74) is 2.54. The number of carbonyl (C=O) groups excluding carboxylic acids is 1. The highest BCUT2D eigenvalue weighted by molar-refractivity contribution is 6.03. The molecule has 8 heteroatoms. The van der Waals surface area contributed by atoms with Crippen molar-refractivity contribution in [2.45, 2.75) is 38.8 Å². The van der Waals surface area contributed by atoms with Gasteiger partial charge in [0.15, 0.2) is 0 Å². The fourth-order valence-corrected chi connectivity index (χ4v) is 3.53. The lowest BCUT2D eigenvalue weighted by Crippen LogP contribution is -2.27. The van der Waals surface area contributed by atoms with E-state index in [1.54, 1.807) is 7.11 Å². The van der Waals surface area contributed by atoms with E-state index in [0.29, 0.717) is 18.8 Å². The van der Waals surface area contributed by atoms with E-state index in [9.17, 15) is 9.59 Å². The van der Waals surface area contributed by atoms with Crippen molar-refractivity contribution in [3.8, 4) is 0 Å². The lowest BCUT2D eigenvalue weighted by molar-refractivity contribution is 0.101. The van der Waals surface area contributed by atoms with Gasteiger partial charge < -0.3 is 14.6 Å². The van der Waals surface area contributed by atoms with Gasteiger partial charge in [-0.05, 0) is 37.1 Å². The molecular formula is C20H23N5O3. The molecule has 28 heavy (non-hydrogen) atoms. The van der Waals surface area contributed by atoms with Crippen LogP contribution in [0.3, 0.4) is 0 Å². The number of imidazole rings is 1. The SMILES string of the molecule is COCCn1nc(C(=O)Nc2ccc3c(c2)nc2n3CCCCC2)ccc1=O. The molecule has 3 aromatic rings. The third-order valence-corrected chi connectivity index (χ3v) is 4.97. The van der Waals surface area contributed by atoms with Crippen molar-refractivity contribution < 1.29 is 9.53 Å². The second-order valence-corrected chi connectivity index (χ2v) is 6.92. The van der Waals surface area contributed by atoms with Crippen LogP contribution in [0.15, 0.2) is 35.1 Å². The first-order chi connectivity index (χ1) is 13.7.